The first-order valence-electron chi connectivity index (χ1n) is 50.3. The molecule has 0 radical (unpaired) electrons. The monoisotopic (exact) mass is 2050 g/mol. The molecule has 0 spiro atoms. The number of nitrogens with one attached hydrogen (secondary N) is 9. The van der Waals surface area contributed by atoms with Crippen LogP contribution in [-0.4, -0.2) is 260 Å². The molecule has 0 bridgehead atoms. The number of anilines is 8. The molecule has 6 amide bonds. The van der Waals surface area contributed by atoms with Gasteiger partial charge < -0.3 is 91.8 Å². The van der Waals surface area contributed by atoms with Crippen molar-refractivity contribution in [1.29, 1.82) is 0 Å². The van der Waals surface area contributed by atoms with Gasteiger partial charge in [0.1, 0.15) is 5.82 Å². The lowest BCUT2D eigenvalue weighted by Crippen LogP contribution is -2.51. The minimum Gasteiger partial charge on any atom is -0.378 e. The number of likely N-dealkylation sites (tertiary alicyclic amines) is 5. The number of hydrogen-bond donors (Lipinski definition) is 9. The fraction of sp³-hybridized carbons (Fsp3) is 0.380. The largest absolute Gasteiger partial charge is 0.378 e. The molecule has 10 aromatic rings. The van der Waals surface area contributed by atoms with E-state index in [1.54, 1.807) is 126 Å². The van der Waals surface area contributed by atoms with Crippen LogP contribution in [0.25, 0.3) is 45.0 Å². The van der Waals surface area contributed by atoms with Gasteiger partial charge in [-0.15, -0.1) is 0 Å². The van der Waals surface area contributed by atoms with Crippen LogP contribution in [0.4, 0.5) is 68.2 Å². The topological polar surface area (TPSA) is 382 Å². The van der Waals surface area contributed by atoms with E-state index in [1.165, 1.54) is 6.08 Å². The first-order chi connectivity index (χ1) is 72.2. The summed E-state index contributed by atoms with van der Waals surface area (Å²) >= 11 is 0. The Morgan fingerprint density at radius 3 is 1.11 bits per heavy atom. The van der Waals surface area contributed by atoms with Crippen LogP contribution in [0.5, 0.6) is 0 Å². The van der Waals surface area contributed by atoms with Crippen LogP contribution in [0, 0.1) is 29.1 Å². The van der Waals surface area contributed by atoms with Gasteiger partial charge in [0.2, 0.25) is 5.91 Å². The Kier molecular flexibility index (Phi) is 31.9. The molecule has 150 heavy (non-hydrogen) atoms. The second kappa shape index (κ2) is 45.6. The number of ether oxygens (including phenoxy) is 1. The number of hydrogen-bond acceptors (Lipinski definition) is 27. The molecule has 786 valence electrons. The molecule has 1 aromatic carbocycles. The number of carbonyl (C=O) groups excluding carboxylic acids is 6. The highest BCUT2D eigenvalue weighted by Gasteiger charge is 2.42. The van der Waals surface area contributed by atoms with Gasteiger partial charge in [0.25, 0.3) is 29.5 Å². The SMILES string of the molecule is C=CC(=C)N1CCC[C@@H](N(C)c2nc(-c3cnn(C)c3)c3c(c2F)CNC3=O)C1.C=CC(=C)N1CCC[C@@H](Nc2nc(-c3cnn(C)c3)c3c(c2F)CNC3=O)C1.C=CC(=C)N1CCC[C@H](N(C)c2nc(-c3cnn(C)c3)c3c(c2F)CNC3=O)C1.C=CC(=C)N1CCC[C@H](Nc2nc(Nc3ccc(N4CCOCC4)cc3)c3c(c2F)CNC3=O)C1.C=CC(=O)N1CCC[C@@H](Nc2nc(-c3cnn(C)c3)c3c(c2F)CNC3=O)[C@H]1C. The van der Waals surface area contributed by atoms with E-state index < -0.39 is 29.1 Å². The van der Waals surface area contributed by atoms with Gasteiger partial charge in [-0.2, -0.15) is 20.4 Å². The summed E-state index contributed by atoms with van der Waals surface area (Å²) in [7, 11) is 10.9. The highest BCUT2D eigenvalue weighted by Crippen LogP contribution is 2.42. The number of aromatic nitrogens is 13. The summed E-state index contributed by atoms with van der Waals surface area (Å²) in [5, 5.41) is 43.2. The number of allylic oxidation sites excluding steroid dienone is 4. The summed E-state index contributed by atoms with van der Waals surface area (Å²) in [4.78, 5) is 113. The quantitative estimate of drug-likeness (QED) is 0.0138. The van der Waals surface area contributed by atoms with Gasteiger partial charge in [-0.25, -0.2) is 46.9 Å². The number of morpholine rings is 1. The first kappa shape index (κ1) is 105. The number of aryl methyl sites for hydroxylation is 4. The zero-order valence-corrected chi connectivity index (χ0v) is 85.6. The summed E-state index contributed by atoms with van der Waals surface area (Å²) in [6.07, 6.45) is 30.9. The van der Waals surface area contributed by atoms with E-state index in [-0.39, 0.29) is 145 Å². The zero-order valence-electron chi connectivity index (χ0n) is 85.6. The van der Waals surface area contributed by atoms with E-state index in [9.17, 15) is 28.8 Å². The third-order valence-electron chi connectivity index (χ3n) is 29.2. The van der Waals surface area contributed by atoms with Crippen molar-refractivity contribution in [3.8, 4) is 45.0 Å². The number of amides is 6. The van der Waals surface area contributed by atoms with E-state index in [0.717, 1.165) is 164 Å². The summed E-state index contributed by atoms with van der Waals surface area (Å²) in [5.41, 5.74) is 13.0. The number of benzene rings is 1. The molecule has 0 saturated carbocycles. The summed E-state index contributed by atoms with van der Waals surface area (Å²) < 4.78 is 88.5. The lowest BCUT2D eigenvalue weighted by Gasteiger charge is -2.39. The van der Waals surface area contributed by atoms with Crippen LogP contribution >= 0.6 is 0 Å². The summed E-state index contributed by atoms with van der Waals surface area (Å²) in [6, 6.07) is 7.82. The lowest BCUT2D eigenvalue weighted by atomic mass is 9.96. The van der Waals surface area contributed by atoms with E-state index in [4.69, 9.17) is 4.74 Å². The second-order valence-electron chi connectivity index (χ2n) is 38.8. The van der Waals surface area contributed by atoms with Gasteiger partial charge in [0, 0.05) is 292 Å². The molecule has 37 nitrogen and oxygen atoms in total. The number of carbonyl (C=O) groups is 6. The van der Waals surface area contributed by atoms with E-state index in [2.05, 4.69) is 177 Å². The van der Waals surface area contributed by atoms with Gasteiger partial charge in [0.15, 0.2) is 58.2 Å². The van der Waals surface area contributed by atoms with Crippen molar-refractivity contribution >= 4 is 81.7 Å². The van der Waals surface area contributed by atoms with E-state index >= 15 is 22.0 Å². The van der Waals surface area contributed by atoms with Crippen molar-refractivity contribution in [3.63, 3.8) is 0 Å². The third kappa shape index (κ3) is 22.1. The molecule has 21 rings (SSSR count). The molecule has 9 aromatic heterocycles. The van der Waals surface area contributed by atoms with Crippen molar-refractivity contribution in [2.24, 2.45) is 28.2 Å². The van der Waals surface area contributed by atoms with Crippen LogP contribution in [0.3, 0.4) is 0 Å². The highest BCUT2D eigenvalue weighted by atomic mass is 19.1. The number of piperidine rings is 5. The van der Waals surface area contributed by atoms with Gasteiger partial charge in [-0.3, -0.25) is 47.5 Å². The number of nitrogens with zero attached hydrogens (tertiary/aromatic N) is 21. The molecule has 6 atom stereocenters. The molecule has 20 heterocycles. The Hall–Kier alpha value is -16.3. The van der Waals surface area contributed by atoms with Crippen molar-refractivity contribution < 1.29 is 55.5 Å². The third-order valence-corrected chi connectivity index (χ3v) is 29.2. The maximum atomic E-state index is 15.4. The van der Waals surface area contributed by atoms with Crippen LogP contribution in [-0.2, 0) is 70.4 Å². The molecule has 42 heteroatoms. The maximum Gasteiger partial charge on any atom is 0.255 e. The average molecular weight is 2050 g/mol. The highest BCUT2D eigenvalue weighted by molar-refractivity contribution is 6.07. The van der Waals surface area contributed by atoms with Crippen LogP contribution in [0.1, 0.15) is 151 Å². The number of fused-ring (bicyclic) bond motifs is 5. The molecule has 6 saturated heterocycles. The Balaban J connectivity index is 0.000000128. The van der Waals surface area contributed by atoms with E-state index in [1.807, 2.05) is 55.1 Å². The maximum absolute atomic E-state index is 15.4. The standard InChI is InChI=1S/C26H31FN6O2.2C21H25FN6O.C20H23FN6O2.C20H23FN6O/c1-3-17(2)33-10-4-5-19(16-33)30-25-23(27)21-15-28-26(34)22(21)24(31-25)29-18-6-8-20(9-7-18)32-11-13-35-14-12-32;2*1-5-13(2)28-8-6-7-15(12-28)27(4)20-18(22)16-10-23-21(29)17(16)19(25-20)14-9-24-26(3)11-14;1-4-15(28)27-7-5-6-14(11(27)2)24-19-17(21)13-9-22-20(29)16(13)18(25-19)12-8-23-26(3)10-12;1-4-12(2)27-7-5-6-14(11-27)24-19-17(21)15-9-22-20(28)16(15)18(25-19)13-8-23-26(3)10-13/h3,6-9,19H,1-2,4-5,10-16H2,(H,28,34)(H2,29,30,31);2*5,9,11,15H,1-2,6-8,10,12H2,3-4H3,(H,23,29);4,8,10-11,14H,1,5-7,9H2,2-3H3,(H,22,29)(H,24,25);4,8,10,14H,1-2,5-7,9,11H2,3H3,(H,22,28)(H,24,25)/t19-;2*15-;11-,14-;14-/m01011/s1. The van der Waals surface area contributed by atoms with Crippen molar-refractivity contribution in [3.05, 3.63) is 271 Å². The predicted molar refractivity (Wildman–Crippen MR) is 566 cm³/mol. The summed E-state index contributed by atoms with van der Waals surface area (Å²) in [5.74, 6) is -2.80. The van der Waals surface area contributed by atoms with Crippen molar-refractivity contribution in [2.45, 2.75) is 140 Å². The molecular weight excluding hydrogens is 1920 g/mol. The number of pyridine rings is 5. The minimum atomic E-state index is -0.537. The fourth-order valence-electron chi connectivity index (χ4n) is 20.9. The number of likely N-dealkylation sites (N-methyl/N-ethyl adjacent to an activating group) is 2. The van der Waals surface area contributed by atoms with Gasteiger partial charge in [-0.1, -0.05) is 59.2 Å². The molecule has 11 aliphatic rings. The Bertz CT molecular complexity index is 6820. The minimum absolute atomic E-state index is 0.00576. The molecule has 0 aliphatic carbocycles. The Morgan fingerprint density at radius 2 is 0.740 bits per heavy atom. The van der Waals surface area contributed by atoms with Crippen LogP contribution in [0.15, 0.2) is 186 Å². The molecule has 0 unspecified atom stereocenters. The van der Waals surface area contributed by atoms with Crippen molar-refractivity contribution in [2.75, 3.05) is 135 Å². The zero-order chi connectivity index (χ0) is 106. The second-order valence-corrected chi connectivity index (χ2v) is 38.8. The Labute approximate surface area is 867 Å². The normalized spacial score (nSPS) is 19.2. The molecule has 11 aliphatic heterocycles. The predicted octanol–water partition coefficient (Wildman–Crippen LogP) is 12.8. The van der Waals surface area contributed by atoms with Gasteiger partial charge in [0.05, 0.1) is 88.6 Å². The van der Waals surface area contributed by atoms with Crippen LogP contribution in [0.2, 0.25) is 0 Å². The lowest BCUT2D eigenvalue weighted by molar-refractivity contribution is -0.129. The van der Waals surface area contributed by atoms with Crippen LogP contribution < -0.4 is 62.6 Å². The number of halogens is 5. The molecular formula is C108H127F5N30O7. The average Bonchev–Trinajstić information content (AvgIpc) is 1.59. The summed E-state index contributed by atoms with van der Waals surface area (Å²) in [6.45, 7) is 47.8. The first-order valence-corrected chi connectivity index (χ1v) is 50.3. The van der Waals surface area contributed by atoms with Crippen molar-refractivity contribution in [1.82, 2.24) is 115 Å². The van der Waals surface area contributed by atoms with Gasteiger partial charge >= 0.3 is 0 Å². The van der Waals surface area contributed by atoms with E-state index in [0.29, 0.717) is 115 Å². The fourth-order valence-corrected chi connectivity index (χ4v) is 20.9. The Morgan fingerprint density at radius 1 is 0.407 bits per heavy atom. The molecule has 9 N–H and O–H groups in total. The molecule has 6 fully saturated rings. The number of rotatable bonds is 26. The van der Waals surface area contributed by atoms with Gasteiger partial charge in [-0.05, 0) is 126 Å². The smallest absolute Gasteiger partial charge is 0.255 e.